The van der Waals surface area contributed by atoms with Gasteiger partial charge >= 0.3 is 0 Å². The van der Waals surface area contributed by atoms with Crippen LogP contribution in [0.15, 0.2) is 17.2 Å². The Morgan fingerprint density at radius 2 is 2.18 bits per heavy atom. The molecule has 0 saturated carbocycles. The van der Waals surface area contributed by atoms with E-state index >= 15 is 0 Å². The van der Waals surface area contributed by atoms with Crippen LogP contribution >= 0.6 is 0 Å². The van der Waals surface area contributed by atoms with Crippen molar-refractivity contribution in [2.45, 2.75) is 6.61 Å². The van der Waals surface area contributed by atoms with Gasteiger partial charge in [-0.25, -0.2) is 10.1 Å². The fraction of sp³-hybridized carbons (Fsp3) is 0.400. The lowest BCUT2D eigenvalue weighted by Gasteiger charge is -2.17. The Kier molecular flexibility index (Phi) is 3.40. The Hall–Kier alpha value is -1.86. The lowest BCUT2D eigenvalue weighted by molar-refractivity contribution is 0.181. The molecule has 0 amide bonds. The van der Waals surface area contributed by atoms with Crippen LogP contribution in [0.4, 0.5) is 5.82 Å². The first-order valence-electron chi connectivity index (χ1n) is 5.11. The molecule has 0 atom stereocenters. The van der Waals surface area contributed by atoms with Crippen LogP contribution in [0.3, 0.4) is 0 Å². The monoisotopic (exact) mass is 237 g/mol. The molecule has 1 aliphatic rings. The number of nitrogens with one attached hydrogen (secondary N) is 1. The summed E-state index contributed by atoms with van der Waals surface area (Å²) in [6, 6.07) is 3.79. The number of hydrogen-bond donors (Lipinski definition) is 1. The highest BCUT2D eigenvalue weighted by atomic mass is 16.5. The Balaban J connectivity index is 2.22. The van der Waals surface area contributed by atoms with E-state index in [1.165, 1.54) is 0 Å². The van der Waals surface area contributed by atoms with Crippen molar-refractivity contribution < 1.29 is 9.47 Å². The lowest BCUT2D eigenvalue weighted by atomic mass is 10.3. The molecule has 0 bridgehead atoms. The highest BCUT2D eigenvalue weighted by Gasteiger charge is 2.15. The first-order chi connectivity index (χ1) is 8.24. The summed E-state index contributed by atoms with van der Waals surface area (Å²) in [5, 5.41) is 7.30. The molecule has 1 aliphatic heterocycles. The van der Waals surface area contributed by atoms with Gasteiger partial charge in [0, 0.05) is 19.7 Å². The number of hydrazine groups is 2. The topological polar surface area (TPSA) is 62.2 Å². The van der Waals surface area contributed by atoms with Crippen molar-refractivity contribution in [3.05, 3.63) is 17.7 Å². The molecule has 0 spiro atoms. The molecule has 0 saturated heterocycles. The molecule has 2 rings (SSSR count). The Morgan fingerprint density at radius 3 is 2.76 bits per heavy atom. The summed E-state index contributed by atoms with van der Waals surface area (Å²) in [5.41, 5.74) is 3.87. The normalized spacial score (nSPS) is 14.5. The third-order valence-electron chi connectivity index (χ3n) is 2.26. The molecular formula is C10H15N5O2. The first kappa shape index (κ1) is 11.6. The summed E-state index contributed by atoms with van der Waals surface area (Å²) < 4.78 is 10.3. The predicted octanol–water partition coefficient (Wildman–Crippen LogP) is 0.351. The van der Waals surface area contributed by atoms with Gasteiger partial charge in [0.05, 0.1) is 13.7 Å². The molecule has 92 valence electrons. The van der Waals surface area contributed by atoms with Crippen LogP contribution in [0.25, 0.3) is 0 Å². The van der Waals surface area contributed by atoms with E-state index in [1.54, 1.807) is 37.7 Å². The van der Waals surface area contributed by atoms with E-state index in [-0.39, 0.29) is 0 Å². The average molecular weight is 237 g/mol. The van der Waals surface area contributed by atoms with Crippen molar-refractivity contribution in [1.82, 2.24) is 15.6 Å². The van der Waals surface area contributed by atoms with Gasteiger partial charge in [-0.2, -0.15) is 4.98 Å². The summed E-state index contributed by atoms with van der Waals surface area (Å²) in [4.78, 5) is 4.37. The molecule has 1 aromatic heterocycles. The van der Waals surface area contributed by atoms with Gasteiger partial charge in [0.2, 0.25) is 5.88 Å². The van der Waals surface area contributed by atoms with E-state index in [9.17, 15) is 0 Å². The summed E-state index contributed by atoms with van der Waals surface area (Å²) in [6.07, 6.45) is 1.64. The Bertz CT molecular complexity index is 423. The van der Waals surface area contributed by atoms with E-state index in [1.807, 2.05) is 12.1 Å². The van der Waals surface area contributed by atoms with Crippen LogP contribution < -0.4 is 15.3 Å². The third kappa shape index (κ3) is 2.45. The molecular weight excluding hydrogens is 222 g/mol. The van der Waals surface area contributed by atoms with Gasteiger partial charge in [-0.1, -0.05) is 0 Å². The molecule has 7 nitrogen and oxygen atoms in total. The molecule has 0 unspecified atom stereocenters. The molecule has 0 radical (unpaired) electrons. The molecule has 1 aromatic rings. The first-order valence-corrected chi connectivity index (χ1v) is 5.11. The minimum atomic E-state index is 0.470. The molecule has 7 heteroatoms. The van der Waals surface area contributed by atoms with Crippen molar-refractivity contribution in [1.29, 1.82) is 0 Å². The van der Waals surface area contributed by atoms with Gasteiger partial charge in [0.25, 0.3) is 0 Å². The van der Waals surface area contributed by atoms with Crippen molar-refractivity contribution in [2.24, 2.45) is 5.10 Å². The molecule has 17 heavy (non-hydrogen) atoms. The molecule has 0 fully saturated rings. The second-order valence-corrected chi connectivity index (χ2v) is 3.50. The van der Waals surface area contributed by atoms with Crippen LogP contribution in [-0.4, -0.2) is 37.7 Å². The number of hydrogen-bond acceptors (Lipinski definition) is 7. The van der Waals surface area contributed by atoms with Crippen LogP contribution in [0, 0.1) is 0 Å². The minimum absolute atomic E-state index is 0.470. The minimum Gasteiger partial charge on any atom is -0.481 e. The van der Waals surface area contributed by atoms with E-state index in [2.05, 4.69) is 15.6 Å². The van der Waals surface area contributed by atoms with E-state index < -0.39 is 0 Å². The molecule has 0 aromatic carbocycles. The largest absolute Gasteiger partial charge is 0.481 e. The predicted molar refractivity (Wildman–Crippen MR) is 63.4 cm³/mol. The SMILES string of the molecule is COCc1ccc(N2C=NN(C)N2)nc1OC. The maximum absolute atomic E-state index is 5.22. The Labute approximate surface area is 99.6 Å². The Morgan fingerprint density at radius 1 is 1.35 bits per heavy atom. The van der Waals surface area contributed by atoms with Crippen molar-refractivity contribution in [2.75, 3.05) is 26.3 Å². The zero-order chi connectivity index (χ0) is 12.3. The number of anilines is 1. The van der Waals surface area contributed by atoms with Crippen LogP contribution in [0.2, 0.25) is 0 Å². The number of ether oxygens (including phenoxy) is 2. The van der Waals surface area contributed by atoms with Crippen LogP contribution in [-0.2, 0) is 11.3 Å². The van der Waals surface area contributed by atoms with Crippen molar-refractivity contribution >= 4 is 12.2 Å². The van der Waals surface area contributed by atoms with E-state index in [4.69, 9.17) is 9.47 Å². The van der Waals surface area contributed by atoms with Crippen LogP contribution in [0.1, 0.15) is 5.56 Å². The summed E-state index contributed by atoms with van der Waals surface area (Å²) in [7, 11) is 5.02. The number of rotatable bonds is 4. The van der Waals surface area contributed by atoms with Gasteiger partial charge in [0.1, 0.15) is 6.34 Å². The van der Waals surface area contributed by atoms with Crippen molar-refractivity contribution in [3.8, 4) is 5.88 Å². The number of pyridine rings is 1. The number of methoxy groups -OCH3 is 2. The lowest BCUT2D eigenvalue weighted by Crippen LogP contribution is -2.38. The van der Waals surface area contributed by atoms with Crippen LogP contribution in [0.5, 0.6) is 5.88 Å². The molecule has 1 N–H and O–H groups in total. The summed E-state index contributed by atoms with van der Waals surface area (Å²) in [5.74, 6) is 1.25. The fourth-order valence-corrected chi connectivity index (χ4v) is 1.48. The molecule has 2 heterocycles. The zero-order valence-electron chi connectivity index (χ0n) is 10.0. The highest BCUT2D eigenvalue weighted by Crippen LogP contribution is 2.21. The zero-order valence-corrected chi connectivity index (χ0v) is 10.0. The second-order valence-electron chi connectivity index (χ2n) is 3.50. The standard InChI is InChI=1S/C10H15N5O2/c1-14-11-7-15(13-14)9-5-4-8(6-16-2)10(12-9)17-3/h4-5,7,13H,6H2,1-3H3. The van der Waals surface area contributed by atoms with E-state index in [0.717, 1.165) is 5.56 Å². The number of hydrazone groups is 1. The number of aromatic nitrogens is 1. The van der Waals surface area contributed by atoms with Crippen molar-refractivity contribution in [3.63, 3.8) is 0 Å². The maximum atomic E-state index is 5.22. The van der Waals surface area contributed by atoms with Gasteiger partial charge in [-0.05, 0) is 12.1 Å². The van der Waals surface area contributed by atoms with E-state index in [0.29, 0.717) is 18.3 Å². The second kappa shape index (κ2) is 4.98. The fourth-order valence-electron chi connectivity index (χ4n) is 1.48. The van der Waals surface area contributed by atoms with Gasteiger partial charge in [0.15, 0.2) is 5.82 Å². The summed E-state index contributed by atoms with van der Waals surface area (Å²) >= 11 is 0. The van der Waals surface area contributed by atoms with Gasteiger partial charge in [-0.15, -0.1) is 10.6 Å². The summed E-state index contributed by atoms with van der Waals surface area (Å²) in [6.45, 7) is 0.470. The number of nitrogens with zero attached hydrogens (tertiary/aromatic N) is 4. The maximum Gasteiger partial charge on any atom is 0.220 e. The quantitative estimate of drug-likeness (QED) is 0.815. The third-order valence-corrected chi connectivity index (χ3v) is 2.26. The highest BCUT2D eigenvalue weighted by molar-refractivity contribution is 5.77. The average Bonchev–Trinajstić information content (AvgIpc) is 2.77. The van der Waals surface area contributed by atoms with Gasteiger partial charge < -0.3 is 9.47 Å². The molecule has 0 aliphatic carbocycles. The smallest absolute Gasteiger partial charge is 0.220 e. The van der Waals surface area contributed by atoms with Gasteiger partial charge in [-0.3, -0.25) is 0 Å².